The summed E-state index contributed by atoms with van der Waals surface area (Å²) in [6.45, 7) is 5.14. The van der Waals surface area contributed by atoms with Gasteiger partial charge in [0.1, 0.15) is 0 Å². The fourth-order valence-electron chi connectivity index (χ4n) is 2.72. The van der Waals surface area contributed by atoms with Crippen LogP contribution in [0.15, 0.2) is 29.2 Å². The van der Waals surface area contributed by atoms with Crippen LogP contribution in [-0.4, -0.2) is 50.2 Å². The van der Waals surface area contributed by atoms with Crippen molar-refractivity contribution in [2.75, 3.05) is 19.6 Å². The minimum absolute atomic E-state index is 0.102. The van der Waals surface area contributed by atoms with Crippen molar-refractivity contribution < 1.29 is 18.0 Å². The second kappa shape index (κ2) is 9.14. The van der Waals surface area contributed by atoms with Crippen molar-refractivity contribution in [1.29, 1.82) is 0 Å². The zero-order chi connectivity index (χ0) is 19.2. The van der Waals surface area contributed by atoms with E-state index in [4.69, 9.17) is 0 Å². The monoisotopic (exact) mass is 381 g/mol. The van der Waals surface area contributed by atoms with Gasteiger partial charge in [-0.1, -0.05) is 13.0 Å². The number of rotatable bonds is 8. The van der Waals surface area contributed by atoms with Crippen molar-refractivity contribution >= 4 is 21.8 Å². The van der Waals surface area contributed by atoms with Gasteiger partial charge in [0.05, 0.1) is 4.90 Å². The zero-order valence-corrected chi connectivity index (χ0v) is 16.1. The summed E-state index contributed by atoms with van der Waals surface area (Å²) in [5.41, 5.74) is 0.271. The van der Waals surface area contributed by atoms with E-state index in [-0.39, 0.29) is 41.3 Å². The van der Waals surface area contributed by atoms with Gasteiger partial charge in [0, 0.05) is 37.7 Å². The second-order valence-corrected chi connectivity index (χ2v) is 8.46. The summed E-state index contributed by atoms with van der Waals surface area (Å²) in [5, 5.41) is 5.49. The Bertz CT molecular complexity index is 743. The summed E-state index contributed by atoms with van der Waals surface area (Å²) < 4.78 is 26.6. The third-order valence-corrected chi connectivity index (χ3v) is 6.35. The lowest BCUT2D eigenvalue weighted by Crippen LogP contribution is -2.35. The molecular weight excluding hydrogens is 354 g/mol. The Labute approximate surface area is 155 Å². The molecule has 1 unspecified atom stereocenters. The lowest BCUT2D eigenvalue weighted by atomic mass is 10.2. The van der Waals surface area contributed by atoms with Crippen LogP contribution in [0.1, 0.15) is 49.9 Å². The van der Waals surface area contributed by atoms with Crippen LogP contribution in [-0.2, 0) is 14.8 Å². The highest BCUT2D eigenvalue weighted by Crippen LogP contribution is 2.21. The predicted molar refractivity (Wildman–Crippen MR) is 99.3 cm³/mol. The molecule has 0 saturated carbocycles. The van der Waals surface area contributed by atoms with Gasteiger partial charge in [-0.15, -0.1) is 0 Å². The molecule has 1 aliphatic heterocycles. The molecule has 1 aliphatic rings. The van der Waals surface area contributed by atoms with Gasteiger partial charge in [0.15, 0.2) is 0 Å². The topological polar surface area (TPSA) is 95.6 Å². The van der Waals surface area contributed by atoms with E-state index in [0.29, 0.717) is 13.1 Å². The molecule has 0 spiro atoms. The molecule has 2 N–H and O–H groups in total. The van der Waals surface area contributed by atoms with Crippen molar-refractivity contribution in [2.45, 2.75) is 50.5 Å². The molecule has 2 amide bonds. The van der Waals surface area contributed by atoms with Gasteiger partial charge in [-0.2, -0.15) is 4.31 Å². The van der Waals surface area contributed by atoms with Gasteiger partial charge >= 0.3 is 0 Å². The fraction of sp³-hybridized carbons (Fsp3) is 0.556. The maximum Gasteiger partial charge on any atom is 0.251 e. The molecule has 1 aromatic carbocycles. The largest absolute Gasteiger partial charge is 0.354 e. The molecule has 1 fully saturated rings. The number of benzene rings is 1. The van der Waals surface area contributed by atoms with Crippen LogP contribution in [0.3, 0.4) is 0 Å². The van der Waals surface area contributed by atoms with Crippen molar-refractivity contribution in [3.8, 4) is 0 Å². The first-order valence-electron chi connectivity index (χ1n) is 9.02. The number of hydrogen-bond donors (Lipinski definition) is 2. The molecule has 1 saturated heterocycles. The van der Waals surface area contributed by atoms with Gasteiger partial charge in [-0.3, -0.25) is 9.59 Å². The van der Waals surface area contributed by atoms with Crippen molar-refractivity contribution in [3.63, 3.8) is 0 Å². The van der Waals surface area contributed by atoms with Crippen LogP contribution >= 0.6 is 0 Å². The van der Waals surface area contributed by atoms with E-state index in [1.807, 2.05) is 13.8 Å². The Hall–Kier alpha value is -1.93. The Kier molecular flexibility index (Phi) is 7.16. The number of nitrogens with one attached hydrogen (secondary N) is 2. The summed E-state index contributed by atoms with van der Waals surface area (Å²) in [7, 11) is -3.56. The number of hydrogen-bond acceptors (Lipinski definition) is 4. The molecule has 7 nitrogen and oxygen atoms in total. The van der Waals surface area contributed by atoms with Crippen LogP contribution in [0.25, 0.3) is 0 Å². The maximum atomic E-state index is 12.6. The van der Waals surface area contributed by atoms with E-state index in [9.17, 15) is 18.0 Å². The summed E-state index contributed by atoms with van der Waals surface area (Å²) in [4.78, 5) is 24.1. The van der Waals surface area contributed by atoms with Gasteiger partial charge in [-0.05, 0) is 44.4 Å². The van der Waals surface area contributed by atoms with E-state index in [0.717, 1.165) is 19.3 Å². The summed E-state index contributed by atoms with van der Waals surface area (Å²) in [6, 6.07) is 6.13. The van der Waals surface area contributed by atoms with E-state index >= 15 is 0 Å². The van der Waals surface area contributed by atoms with Gasteiger partial charge in [0.2, 0.25) is 15.9 Å². The highest BCUT2D eigenvalue weighted by atomic mass is 32.2. The normalized spacial score (nSPS) is 16.2. The first-order valence-corrected chi connectivity index (χ1v) is 10.5. The van der Waals surface area contributed by atoms with Crippen LogP contribution in [0, 0.1) is 0 Å². The molecule has 2 rings (SSSR count). The number of amides is 2. The quantitative estimate of drug-likeness (QED) is 0.713. The standard InChI is InChI=1S/C18H27N3O4S/c1-3-14(2)20-17(22)9-10-19-18(23)15-7-6-8-16(13-15)26(24,25)21-11-4-5-12-21/h6-8,13-14H,3-5,9-12H2,1-2H3,(H,19,23)(H,20,22). The zero-order valence-electron chi connectivity index (χ0n) is 15.3. The minimum Gasteiger partial charge on any atom is -0.354 e. The Morgan fingerprint density at radius 3 is 2.58 bits per heavy atom. The first-order chi connectivity index (χ1) is 12.3. The van der Waals surface area contributed by atoms with Gasteiger partial charge in [-0.25, -0.2) is 8.42 Å². The molecule has 26 heavy (non-hydrogen) atoms. The molecule has 1 atom stereocenters. The molecule has 1 aromatic rings. The van der Waals surface area contributed by atoms with Crippen LogP contribution in [0.4, 0.5) is 0 Å². The van der Waals surface area contributed by atoms with E-state index in [1.165, 1.54) is 16.4 Å². The lowest BCUT2D eigenvalue weighted by Gasteiger charge is -2.16. The van der Waals surface area contributed by atoms with E-state index < -0.39 is 10.0 Å². The Morgan fingerprint density at radius 1 is 1.23 bits per heavy atom. The van der Waals surface area contributed by atoms with Crippen LogP contribution < -0.4 is 10.6 Å². The van der Waals surface area contributed by atoms with E-state index in [1.54, 1.807) is 12.1 Å². The van der Waals surface area contributed by atoms with Crippen LogP contribution in [0.2, 0.25) is 0 Å². The first kappa shape index (κ1) is 20.4. The minimum atomic E-state index is -3.56. The fourth-order valence-corrected chi connectivity index (χ4v) is 4.28. The van der Waals surface area contributed by atoms with E-state index in [2.05, 4.69) is 10.6 Å². The molecule has 1 heterocycles. The summed E-state index contributed by atoms with van der Waals surface area (Å²) >= 11 is 0. The Morgan fingerprint density at radius 2 is 1.92 bits per heavy atom. The molecule has 0 bridgehead atoms. The van der Waals surface area contributed by atoms with Crippen molar-refractivity contribution in [3.05, 3.63) is 29.8 Å². The highest BCUT2D eigenvalue weighted by molar-refractivity contribution is 7.89. The van der Waals surface area contributed by atoms with Gasteiger partial charge in [0.25, 0.3) is 5.91 Å². The molecule has 0 radical (unpaired) electrons. The highest BCUT2D eigenvalue weighted by Gasteiger charge is 2.27. The third-order valence-electron chi connectivity index (χ3n) is 4.46. The SMILES string of the molecule is CCC(C)NC(=O)CCNC(=O)c1cccc(S(=O)(=O)N2CCCC2)c1. The molecule has 144 valence electrons. The van der Waals surface area contributed by atoms with Gasteiger partial charge < -0.3 is 10.6 Å². The number of sulfonamides is 1. The maximum absolute atomic E-state index is 12.6. The smallest absolute Gasteiger partial charge is 0.251 e. The summed E-state index contributed by atoms with van der Waals surface area (Å²) in [5.74, 6) is -0.509. The second-order valence-electron chi connectivity index (χ2n) is 6.52. The molecular formula is C18H27N3O4S. The lowest BCUT2D eigenvalue weighted by molar-refractivity contribution is -0.121. The van der Waals surface area contributed by atoms with Crippen LogP contribution in [0.5, 0.6) is 0 Å². The van der Waals surface area contributed by atoms with Crippen molar-refractivity contribution in [2.24, 2.45) is 0 Å². The van der Waals surface area contributed by atoms with Crippen molar-refractivity contribution in [1.82, 2.24) is 14.9 Å². The summed E-state index contributed by atoms with van der Waals surface area (Å²) in [6.07, 6.45) is 2.74. The number of carbonyl (C=O) groups is 2. The molecule has 0 aliphatic carbocycles. The average molecular weight is 381 g/mol. The average Bonchev–Trinajstić information content (AvgIpc) is 3.17. The third kappa shape index (κ3) is 5.28. The molecule has 8 heteroatoms. The number of carbonyl (C=O) groups excluding carboxylic acids is 2. The predicted octanol–water partition coefficient (Wildman–Crippen LogP) is 1.51. The molecule has 0 aromatic heterocycles. The Balaban J connectivity index is 1.94. The number of nitrogens with zero attached hydrogens (tertiary/aromatic N) is 1.